The smallest absolute Gasteiger partial charge is 0.328 e. The highest BCUT2D eigenvalue weighted by Gasteiger charge is 2.34. The minimum absolute atomic E-state index is 0.338. The number of carbonyl (C=O) groups is 2. The number of carbonyl (C=O) groups excluding carboxylic acids is 2. The molecule has 1 amide bonds. The second kappa shape index (κ2) is 7.68. The molecule has 6 heteroatoms. The number of para-hydroxylation sites is 1. The number of aryl methyl sites for hydroxylation is 1. The van der Waals surface area contributed by atoms with Gasteiger partial charge in [0.2, 0.25) is 0 Å². The number of methoxy groups -OCH3 is 1. The van der Waals surface area contributed by atoms with Crippen molar-refractivity contribution in [3.8, 4) is 0 Å². The van der Waals surface area contributed by atoms with Gasteiger partial charge in [-0.25, -0.2) is 4.79 Å². The lowest BCUT2D eigenvalue weighted by Crippen LogP contribution is -2.49. The lowest BCUT2D eigenvalue weighted by molar-refractivity contribution is -0.145. The fourth-order valence-corrected chi connectivity index (χ4v) is 2.72. The van der Waals surface area contributed by atoms with Gasteiger partial charge >= 0.3 is 5.97 Å². The molecule has 1 heterocycles. The molecule has 0 spiro atoms. The fraction of sp³-hybridized carbons (Fsp3) is 0.526. The van der Waals surface area contributed by atoms with Crippen molar-refractivity contribution in [2.24, 2.45) is 5.41 Å². The van der Waals surface area contributed by atoms with Crippen LogP contribution in [0.25, 0.3) is 10.9 Å². The number of esters is 1. The number of fused-ring (bicyclic) bond motifs is 1. The molecule has 1 unspecified atom stereocenters. The first-order valence-electron chi connectivity index (χ1n) is 8.63. The zero-order chi connectivity index (χ0) is 18.6. The highest BCUT2D eigenvalue weighted by molar-refractivity contribution is 6.06. The van der Waals surface area contributed by atoms with Crippen LogP contribution in [0.1, 0.15) is 51.0 Å². The molecule has 2 rings (SSSR count). The largest absolute Gasteiger partial charge is 0.467 e. The maximum absolute atomic E-state index is 12.8. The Morgan fingerprint density at radius 3 is 2.56 bits per heavy atom. The minimum Gasteiger partial charge on any atom is -0.467 e. The minimum atomic E-state index is -0.746. The van der Waals surface area contributed by atoms with Gasteiger partial charge in [-0.1, -0.05) is 52.3 Å². The molecule has 0 saturated carbocycles. The summed E-state index contributed by atoms with van der Waals surface area (Å²) in [6.45, 7) is 8.51. The van der Waals surface area contributed by atoms with Crippen LogP contribution in [0.15, 0.2) is 24.3 Å². The molecule has 136 valence electrons. The van der Waals surface area contributed by atoms with Crippen molar-refractivity contribution in [1.82, 2.24) is 15.1 Å². The summed E-state index contributed by atoms with van der Waals surface area (Å²) in [5.74, 6) is -0.827. The van der Waals surface area contributed by atoms with Crippen LogP contribution in [0.2, 0.25) is 0 Å². The first kappa shape index (κ1) is 19.0. The van der Waals surface area contributed by atoms with Crippen molar-refractivity contribution < 1.29 is 14.3 Å². The third kappa shape index (κ3) is 4.18. The Balaban J connectivity index is 2.37. The Hall–Kier alpha value is -2.37. The predicted octanol–water partition coefficient (Wildman–Crippen LogP) is 3.15. The van der Waals surface area contributed by atoms with E-state index in [0.29, 0.717) is 5.69 Å². The molecule has 25 heavy (non-hydrogen) atoms. The monoisotopic (exact) mass is 345 g/mol. The first-order chi connectivity index (χ1) is 11.8. The molecule has 0 radical (unpaired) electrons. The van der Waals surface area contributed by atoms with E-state index in [0.717, 1.165) is 30.3 Å². The summed E-state index contributed by atoms with van der Waals surface area (Å²) >= 11 is 0. The lowest BCUT2D eigenvalue weighted by atomic mass is 9.86. The molecular formula is C19H27N3O3. The maximum Gasteiger partial charge on any atom is 0.328 e. The zero-order valence-corrected chi connectivity index (χ0v) is 15.6. The molecule has 1 atom stereocenters. The first-order valence-corrected chi connectivity index (χ1v) is 8.63. The number of rotatable bonds is 6. The number of ether oxygens (including phenoxy) is 1. The second-order valence-electron chi connectivity index (χ2n) is 7.24. The maximum atomic E-state index is 12.8. The van der Waals surface area contributed by atoms with Gasteiger partial charge in [-0.2, -0.15) is 5.10 Å². The number of benzene rings is 1. The molecule has 1 aromatic heterocycles. The van der Waals surface area contributed by atoms with E-state index < -0.39 is 17.4 Å². The van der Waals surface area contributed by atoms with E-state index in [1.54, 1.807) is 0 Å². The van der Waals surface area contributed by atoms with E-state index >= 15 is 0 Å². The van der Waals surface area contributed by atoms with Crippen molar-refractivity contribution in [3.05, 3.63) is 30.0 Å². The van der Waals surface area contributed by atoms with Gasteiger partial charge in [0, 0.05) is 11.9 Å². The third-order valence-electron chi connectivity index (χ3n) is 4.17. The Bertz CT molecular complexity index is 759. The van der Waals surface area contributed by atoms with Crippen LogP contribution in [0.4, 0.5) is 0 Å². The molecule has 1 N–H and O–H groups in total. The summed E-state index contributed by atoms with van der Waals surface area (Å²) in [5, 5.41) is 8.08. The highest BCUT2D eigenvalue weighted by atomic mass is 16.5. The predicted molar refractivity (Wildman–Crippen MR) is 97.4 cm³/mol. The topological polar surface area (TPSA) is 73.2 Å². The van der Waals surface area contributed by atoms with Gasteiger partial charge in [-0.3, -0.25) is 9.48 Å². The molecule has 0 fully saturated rings. The third-order valence-corrected chi connectivity index (χ3v) is 4.17. The van der Waals surface area contributed by atoms with Crippen LogP contribution in [0.3, 0.4) is 0 Å². The number of unbranched alkanes of at least 4 members (excludes halogenated alkanes) is 1. The van der Waals surface area contributed by atoms with Gasteiger partial charge in [-0.15, -0.1) is 0 Å². The summed E-state index contributed by atoms with van der Waals surface area (Å²) in [4.78, 5) is 24.9. The average Bonchev–Trinajstić information content (AvgIpc) is 2.95. The number of hydrogen-bond acceptors (Lipinski definition) is 4. The average molecular weight is 345 g/mol. The number of aromatic nitrogens is 2. The molecule has 1 aromatic carbocycles. The van der Waals surface area contributed by atoms with Gasteiger partial charge in [0.15, 0.2) is 5.69 Å². The molecule has 2 aromatic rings. The number of hydrogen-bond donors (Lipinski definition) is 1. The Labute approximate surface area is 148 Å². The van der Waals surface area contributed by atoms with E-state index in [1.165, 1.54) is 7.11 Å². The van der Waals surface area contributed by atoms with Gasteiger partial charge in [0.1, 0.15) is 6.04 Å². The number of nitrogens with zero attached hydrogens (tertiary/aromatic N) is 2. The van der Waals surface area contributed by atoms with Crippen molar-refractivity contribution in [3.63, 3.8) is 0 Å². The number of amides is 1. The van der Waals surface area contributed by atoms with Crippen LogP contribution < -0.4 is 5.32 Å². The standard InChI is InChI=1S/C19H27N3O3/c1-6-7-12-22-14-11-9-8-10-13(14)15(21-22)17(23)20-16(18(24)25-5)19(2,3)4/h8-11,16H,6-7,12H2,1-5H3,(H,20,23). The quantitative estimate of drug-likeness (QED) is 0.816. The molecule has 0 aliphatic carbocycles. The van der Waals surface area contributed by atoms with Crippen LogP contribution in [0, 0.1) is 5.41 Å². The summed E-state index contributed by atoms with van der Waals surface area (Å²) in [6, 6.07) is 6.90. The van der Waals surface area contributed by atoms with Gasteiger partial charge in [0.05, 0.1) is 12.6 Å². The van der Waals surface area contributed by atoms with E-state index in [9.17, 15) is 9.59 Å². The second-order valence-corrected chi connectivity index (χ2v) is 7.24. The van der Waals surface area contributed by atoms with Crippen molar-refractivity contribution in [2.75, 3.05) is 7.11 Å². The highest BCUT2D eigenvalue weighted by Crippen LogP contribution is 2.23. The van der Waals surface area contributed by atoms with Gasteiger partial charge < -0.3 is 10.1 Å². The van der Waals surface area contributed by atoms with Crippen LogP contribution in [-0.4, -0.2) is 34.8 Å². The van der Waals surface area contributed by atoms with E-state index in [-0.39, 0.29) is 5.91 Å². The molecule has 6 nitrogen and oxygen atoms in total. The van der Waals surface area contributed by atoms with Crippen LogP contribution >= 0.6 is 0 Å². The summed E-state index contributed by atoms with van der Waals surface area (Å²) in [5.41, 5.74) is 0.792. The summed E-state index contributed by atoms with van der Waals surface area (Å²) < 4.78 is 6.70. The summed E-state index contributed by atoms with van der Waals surface area (Å²) in [6.07, 6.45) is 2.03. The van der Waals surface area contributed by atoms with Crippen molar-refractivity contribution in [2.45, 2.75) is 53.1 Å². The molecule has 0 bridgehead atoms. The molecule has 0 aliphatic heterocycles. The molecule has 0 aliphatic rings. The van der Waals surface area contributed by atoms with E-state index in [2.05, 4.69) is 17.3 Å². The van der Waals surface area contributed by atoms with Gasteiger partial charge in [0.25, 0.3) is 5.91 Å². The van der Waals surface area contributed by atoms with E-state index in [1.807, 2.05) is 49.7 Å². The normalized spacial score (nSPS) is 12.8. The molecular weight excluding hydrogens is 318 g/mol. The van der Waals surface area contributed by atoms with Crippen molar-refractivity contribution in [1.29, 1.82) is 0 Å². The van der Waals surface area contributed by atoms with Gasteiger partial charge in [-0.05, 0) is 17.9 Å². The fourth-order valence-electron chi connectivity index (χ4n) is 2.72. The SMILES string of the molecule is CCCCn1nc(C(=O)NC(C(=O)OC)C(C)(C)C)c2ccccc21. The summed E-state index contributed by atoms with van der Waals surface area (Å²) in [7, 11) is 1.32. The van der Waals surface area contributed by atoms with E-state index in [4.69, 9.17) is 4.74 Å². The van der Waals surface area contributed by atoms with Crippen molar-refractivity contribution >= 4 is 22.8 Å². The van der Waals surface area contributed by atoms with Crippen LogP contribution in [0.5, 0.6) is 0 Å². The Kier molecular flexibility index (Phi) is 5.82. The number of nitrogens with one attached hydrogen (secondary N) is 1. The molecule has 0 saturated heterocycles. The Morgan fingerprint density at radius 1 is 1.28 bits per heavy atom. The lowest BCUT2D eigenvalue weighted by Gasteiger charge is -2.28. The van der Waals surface area contributed by atoms with Crippen LogP contribution in [-0.2, 0) is 16.1 Å². The Morgan fingerprint density at radius 2 is 1.96 bits per heavy atom. The zero-order valence-electron chi connectivity index (χ0n) is 15.6.